The minimum atomic E-state index is -0.389. The summed E-state index contributed by atoms with van der Waals surface area (Å²) in [7, 11) is 2.18. The van der Waals surface area contributed by atoms with E-state index in [1.54, 1.807) is 0 Å². The van der Waals surface area contributed by atoms with Crippen LogP contribution in [0.3, 0.4) is 0 Å². The van der Waals surface area contributed by atoms with Gasteiger partial charge >= 0.3 is 17.9 Å². The molecule has 10 nitrogen and oxygen atoms in total. The first-order valence-corrected chi connectivity index (χ1v) is 18.4. The third-order valence-corrected chi connectivity index (χ3v) is 13.3. The van der Waals surface area contributed by atoms with E-state index in [9.17, 15) is 14.4 Å². The molecule has 0 radical (unpaired) electrons. The summed E-state index contributed by atoms with van der Waals surface area (Å²) in [6.07, 6.45) is 7.26. The number of hydrogen-bond acceptors (Lipinski definition) is 10. The van der Waals surface area contributed by atoms with Crippen molar-refractivity contribution in [1.82, 2.24) is 4.90 Å². The van der Waals surface area contributed by atoms with Crippen LogP contribution >= 0.6 is 0 Å². The summed E-state index contributed by atoms with van der Waals surface area (Å²) in [5.74, 6) is 0.375. The van der Waals surface area contributed by atoms with Crippen molar-refractivity contribution in [3.8, 4) is 0 Å². The molecule has 0 spiro atoms. The minimum Gasteiger partial charge on any atom is -0.461 e. The van der Waals surface area contributed by atoms with Crippen molar-refractivity contribution >= 4 is 17.9 Å². The van der Waals surface area contributed by atoms with Gasteiger partial charge in [0.15, 0.2) is 0 Å². The van der Waals surface area contributed by atoms with Crippen molar-refractivity contribution in [2.75, 3.05) is 33.2 Å². The van der Waals surface area contributed by atoms with Crippen molar-refractivity contribution in [1.29, 1.82) is 0 Å². The lowest BCUT2D eigenvalue weighted by molar-refractivity contribution is -0.225. The molecule has 10 heteroatoms. The normalized spacial score (nSPS) is 36.3. The van der Waals surface area contributed by atoms with Gasteiger partial charge < -0.3 is 36.3 Å². The Morgan fingerprint density at radius 1 is 0.875 bits per heavy atom. The summed E-state index contributed by atoms with van der Waals surface area (Å²) < 4.78 is 18.3. The molecule has 48 heavy (non-hydrogen) atoms. The van der Waals surface area contributed by atoms with Crippen LogP contribution in [0.4, 0.5) is 0 Å². The SMILES string of the molecule is CC(CCCN(C)Cc1ccccc1)C1CCC2C3C(OC(=O)CN)CC4CC(OC(=O)CN)CCC4(C)C3CC(OC(=O)CN)C12C. The maximum Gasteiger partial charge on any atom is 0.319 e. The molecule has 11 unspecified atom stereocenters. The molecular weight excluding hydrogens is 608 g/mol. The number of carbonyl (C=O) groups is 3. The van der Waals surface area contributed by atoms with Crippen molar-refractivity contribution in [3.63, 3.8) is 0 Å². The summed E-state index contributed by atoms with van der Waals surface area (Å²) in [5, 5.41) is 0. The number of hydrogen-bond donors (Lipinski definition) is 3. The number of nitrogens with two attached hydrogens (primary N) is 3. The van der Waals surface area contributed by atoms with Gasteiger partial charge in [-0.05, 0) is 112 Å². The van der Waals surface area contributed by atoms with E-state index in [-0.39, 0.29) is 90.4 Å². The van der Waals surface area contributed by atoms with E-state index in [0.29, 0.717) is 31.1 Å². The second-order valence-electron chi connectivity index (χ2n) is 15.9. The van der Waals surface area contributed by atoms with E-state index in [4.69, 9.17) is 31.4 Å². The van der Waals surface area contributed by atoms with Gasteiger partial charge in [0.1, 0.15) is 18.3 Å². The average Bonchev–Trinajstić information content (AvgIpc) is 3.43. The van der Waals surface area contributed by atoms with Gasteiger partial charge in [0.25, 0.3) is 0 Å². The third kappa shape index (κ3) is 7.47. The van der Waals surface area contributed by atoms with E-state index >= 15 is 0 Å². The first-order chi connectivity index (χ1) is 22.9. The van der Waals surface area contributed by atoms with Crippen LogP contribution in [0, 0.1) is 46.3 Å². The summed E-state index contributed by atoms with van der Waals surface area (Å²) >= 11 is 0. The van der Waals surface area contributed by atoms with Gasteiger partial charge in [-0.1, -0.05) is 51.1 Å². The van der Waals surface area contributed by atoms with E-state index in [0.717, 1.165) is 51.6 Å². The highest BCUT2D eigenvalue weighted by atomic mass is 16.6. The third-order valence-electron chi connectivity index (χ3n) is 13.3. The van der Waals surface area contributed by atoms with Gasteiger partial charge in [-0.3, -0.25) is 14.4 Å². The predicted octanol–water partition coefficient (Wildman–Crippen LogP) is 4.02. The maximum absolute atomic E-state index is 12.9. The van der Waals surface area contributed by atoms with Gasteiger partial charge in [-0.2, -0.15) is 0 Å². The van der Waals surface area contributed by atoms with Crippen LogP contribution in [0.2, 0.25) is 0 Å². The first-order valence-electron chi connectivity index (χ1n) is 18.4. The van der Waals surface area contributed by atoms with Crippen LogP contribution in [0.25, 0.3) is 0 Å². The molecule has 1 aromatic rings. The van der Waals surface area contributed by atoms with Crippen molar-refractivity contribution in [2.24, 2.45) is 63.5 Å². The largest absolute Gasteiger partial charge is 0.461 e. The van der Waals surface area contributed by atoms with Gasteiger partial charge in [0, 0.05) is 17.9 Å². The van der Waals surface area contributed by atoms with E-state index in [1.165, 1.54) is 5.56 Å². The lowest BCUT2D eigenvalue weighted by atomic mass is 9.43. The van der Waals surface area contributed by atoms with Gasteiger partial charge in [0.2, 0.25) is 0 Å². The molecule has 0 bridgehead atoms. The van der Waals surface area contributed by atoms with Crippen LogP contribution < -0.4 is 17.2 Å². The standard InChI is InChI=1S/C38H60N4O6/c1-24(9-8-16-42(4)23-25-10-6-5-7-11-25)28-12-13-29-36-30(19-32(38(28,29)3)48-35(45)22-41)37(2)15-14-27(46-33(43)20-39)17-26(37)18-31(36)47-34(44)21-40/h5-7,10-11,24,26-32,36H,8-9,12-23,39-41H2,1-4H3. The quantitative estimate of drug-likeness (QED) is 0.207. The number of esters is 3. The number of carbonyl (C=O) groups excluding carboxylic acids is 3. The monoisotopic (exact) mass is 668 g/mol. The molecule has 0 heterocycles. The fourth-order valence-electron chi connectivity index (χ4n) is 11.0. The fraction of sp³-hybridized carbons (Fsp3) is 0.763. The van der Waals surface area contributed by atoms with E-state index < -0.39 is 0 Å². The highest BCUT2D eigenvalue weighted by molar-refractivity contribution is 5.72. The molecule has 4 aliphatic carbocycles. The zero-order valence-corrected chi connectivity index (χ0v) is 29.6. The Morgan fingerprint density at radius 3 is 2.23 bits per heavy atom. The highest BCUT2D eigenvalue weighted by Crippen LogP contribution is 2.69. The molecule has 268 valence electrons. The second-order valence-corrected chi connectivity index (χ2v) is 15.9. The Morgan fingerprint density at radius 2 is 1.54 bits per heavy atom. The number of ether oxygens (including phenoxy) is 3. The Kier molecular flexibility index (Phi) is 11.9. The Bertz CT molecular complexity index is 1260. The number of benzene rings is 1. The van der Waals surface area contributed by atoms with Crippen LogP contribution in [0.15, 0.2) is 30.3 Å². The molecular formula is C38H60N4O6. The fourth-order valence-corrected chi connectivity index (χ4v) is 11.0. The lowest BCUT2D eigenvalue weighted by Gasteiger charge is -2.64. The first kappa shape index (κ1) is 36.7. The second kappa shape index (κ2) is 15.6. The number of fused-ring (bicyclic) bond motifs is 5. The van der Waals surface area contributed by atoms with Crippen LogP contribution in [-0.4, -0.2) is 74.3 Å². The molecule has 6 N–H and O–H groups in total. The van der Waals surface area contributed by atoms with Gasteiger partial charge in [-0.15, -0.1) is 0 Å². The molecule has 4 fully saturated rings. The predicted molar refractivity (Wildman–Crippen MR) is 184 cm³/mol. The molecule has 4 aliphatic rings. The molecule has 11 atom stereocenters. The maximum atomic E-state index is 12.9. The van der Waals surface area contributed by atoms with Crippen molar-refractivity contribution in [2.45, 2.75) is 103 Å². The Hall–Kier alpha value is -2.53. The van der Waals surface area contributed by atoms with Crippen LogP contribution in [-0.2, 0) is 35.1 Å². The average molecular weight is 669 g/mol. The van der Waals surface area contributed by atoms with Crippen LogP contribution in [0.5, 0.6) is 0 Å². The van der Waals surface area contributed by atoms with E-state index in [1.807, 2.05) is 0 Å². The zero-order valence-electron chi connectivity index (χ0n) is 29.6. The molecule has 4 saturated carbocycles. The zero-order chi connectivity index (χ0) is 34.6. The van der Waals surface area contributed by atoms with Crippen molar-refractivity contribution in [3.05, 3.63) is 35.9 Å². The highest BCUT2D eigenvalue weighted by Gasteiger charge is 2.67. The number of rotatable bonds is 13. The topological polar surface area (TPSA) is 160 Å². The molecule has 1 aromatic carbocycles. The molecule has 0 aliphatic heterocycles. The van der Waals surface area contributed by atoms with E-state index in [2.05, 4.69) is 63.1 Å². The summed E-state index contributed by atoms with van der Waals surface area (Å²) in [6.45, 7) is 8.57. The van der Waals surface area contributed by atoms with Crippen LogP contribution in [0.1, 0.15) is 84.1 Å². The smallest absolute Gasteiger partial charge is 0.319 e. The van der Waals surface area contributed by atoms with Gasteiger partial charge in [-0.25, -0.2) is 0 Å². The minimum absolute atomic E-state index is 0.0797. The Labute approximate surface area is 287 Å². The number of nitrogens with zero attached hydrogens (tertiary/aromatic N) is 1. The van der Waals surface area contributed by atoms with Crippen molar-refractivity contribution < 1.29 is 28.6 Å². The summed E-state index contributed by atoms with van der Waals surface area (Å²) in [4.78, 5) is 40.2. The summed E-state index contributed by atoms with van der Waals surface area (Å²) in [5.41, 5.74) is 18.2. The molecule has 0 amide bonds. The Balaban J connectivity index is 1.38. The summed E-state index contributed by atoms with van der Waals surface area (Å²) in [6, 6.07) is 10.6. The lowest BCUT2D eigenvalue weighted by Crippen LogP contribution is -2.63. The molecule has 5 rings (SSSR count). The van der Waals surface area contributed by atoms with Gasteiger partial charge in [0.05, 0.1) is 19.6 Å². The molecule has 0 aromatic heterocycles. The molecule has 0 saturated heterocycles.